The molecule has 0 aromatic heterocycles. The second kappa shape index (κ2) is 9.50. The molecule has 15 heteroatoms. The van der Waals surface area contributed by atoms with Crippen LogP contribution >= 0.6 is 0 Å². The molecule has 0 atom stereocenters. The van der Waals surface area contributed by atoms with Crippen molar-refractivity contribution in [1.82, 2.24) is 9.80 Å². The van der Waals surface area contributed by atoms with Crippen LogP contribution in [0.25, 0.3) is 0 Å². The van der Waals surface area contributed by atoms with Crippen LogP contribution in [0.5, 0.6) is 0 Å². The zero-order valence-electron chi connectivity index (χ0n) is 12.5. The van der Waals surface area contributed by atoms with Crippen molar-refractivity contribution in [3.8, 4) is 0 Å². The van der Waals surface area contributed by atoms with Crippen molar-refractivity contribution in [2.45, 2.75) is 12.8 Å². The van der Waals surface area contributed by atoms with E-state index in [2.05, 4.69) is 0 Å². The summed E-state index contributed by atoms with van der Waals surface area (Å²) in [6.07, 6.45) is 4.19. The molecule has 0 radical (unpaired) electrons. The van der Waals surface area contributed by atoms with Gasteiger partial charge >= 0.3 is 10.4 Å². The molecule has 0 spiro atoms. The van der Waals surface area contributed by atoms with Gasteiger partial charge in [-0.1, -0.05) is 0 Å². The Morgan fingerprint density at radius 2 is 1.00 bits per heavy atom. The van der Waals surface area contributed by atoms with Crippen molar-refractivity contribution in [2.24, 2.45) is 0 Å². The molecule has 0 aliphatic carbocycles. The van der Waals surface area contributed by atoms with E-state index < -0.39 is 30.6 Å². The van der Waals surface area contributed by atoms with Crippen LogP contribution < -0.4 is 0 Å². The Bertz CT molecular complexity index is 659. The van der Waals surface area contributed by atoms with Gasteiger partial charge in [-0.15, -0.1) is 0 Å². The Labute approximate surface area is 140 Å². The fourth-order valence-electron chi connectivity index (χ4n) is 1.71. The molecule has 0 bridgehead atoms. The summed E-state index contributed by atoms with van der Waals surface area (Å²) in [6, 6.07) is 0. The van der Waals surface area contributed by atoms with Gasteiger partial charge in [-0.3, -0.25) is 18.2 Å². The Balaban J connectivity index is 0.000000922. The summed E-state index contributed by atoms with van der Waals surface area (Å²) in [5.74, 6) is -0.555. The van der Waals surface area contributed by atoms with Crippen LogP contribution in [-0.4, -0.2) is 84.5 Å². The number of rotatable bonds is 8. The third kappa shape index (κ3) is 17.4. The predicted molar refractivity (Wildman–Crippen MR) is 83.7 cm³/mol. The quantitative estimate of drug-likeness (QED) is 0.354. The molecular formula is C9H20N2O10S3. The second-order valence-corrected chi connectivity index (χ2v) is 8.83. The minimum atomic E-state index is -4.67. The molecule has 1 aliphatic heterocycles. The Morgan fingerprint density at radius 3 is 1.25 bits per heavy atom. The first-order valence-corrected chi connectivity index (χ1v) is 11.0. The van der Waals surface area contributed by atoms with Crippen molar-refractivity contribution >= 4 is 30.6 Å². The van der Waals surface area contributed by atoms with Crippen LogP contribution in [0.15, 0.2) is 12.4 Å². The monoisotopic (exact) mass is 412 g/mol. The van der Waals surface area contributed by atoms with E-state index in [1.54, 1.807) is 12.4 Å². The molecule has 1 aliphatic rings. The molecule has 0 aromatic rings. The average Bonchev–Trinajstić information content (AvgIpc) is 2.71. The molecule has 0 saturated heterocycles. The molecular weight excluding hydrogens is 392 g/mol. The highest BCUT2D eigenvalue weighted by Crippen LogP contribution is 2.08. The highest BCUT2D eigenvalue weighted by atomic mass is 32.3. The predicted octanol–water partition coefficient (Wildman–Crippen LogP) is -1.06. The minimum Gasteiger partial charge on any atom is -0.359 e. The lowest BCUT2D eigenvalue weighted by Crippen LogP contribution is -2.28. The lowest BCUT2D eigenvalue weighted by atomic mass is 10.4. The van der Waals surface area contributed by atoms with E-state index in [0.29, 0.717) is 32.6 Å². The van der Waals surface area contributed by atoms with Crippen LogP contribution in [0.1, 0.15) is 12.8 Å². The van der Waals surface area contributed by atoms with Gasteiger partial charge in [0.15, 0.2) is 0 Å². The smallest absolute Gasteiger partial charge is 0.359 e. The van der Waals surface area contributed by atoms with E-state index in [4.69, 9.17) is 26.6 Å². The summed E-state index contributed by atoms with van der Waals surface area (Å²) in [5.41, 5.74) is 0. The maximum atomic E-state index is 10.5. The molecule has 0 amide bonds. The molecule has 4 N–H and O–H groups in total. The third-order valence-electron chi connectivity index (χ3n) is 2.55. The van der Waals surface area contributed by atoms with Crippen LogP contribution in [0.2, 0.25) is 0 Å². The highest BCUT2D eigenvalue weighted by molar-refractivity contribution is 7.86. The summed E-state index contributed by atoms with van der Waals surface area (Å²) < 4.78 is 90.9. The van der Waals surface area contributed by atoms with Gasteiger partial charge in [-0.25, -0.2) is 0 Å². The lowest BCUT2D eigenvalue weighted by molar-refractivity contribution is 0.265. The molecule has 24 heavy (non-hydrogen) atoms. The topological polar surface area (TPSA) is 190 Å². The zero-order chi connectivity index (χ0) is 19.0. The van der Waals surface area contributed by atoms with E-state index in [0.717, 1.165) is 0 Å². The van der Waals surface area contributed by atoms with Crippen molar-refractivity contribution in [3.63, 3.8) is 0 Å². The van der Waals surface area contributed by atoms with Gasteiger partial charge in [0.05, 0.1) is 18.2 Å². The van der Waals surface area contributed by atoms with Gasteiger partial charge in [0, 0.05) is 25.5 Å². The van der Waals surface area contributed by atoms with Crippen molar-refractivity contribution in [1.29, 1.82) is 0 Å². The minimum absolute atomic E-state index is 0.278. The van der Waals surface area contributed by atoms with E-state index >= 15 is 0 Å². The van der Waals surface area contributed by atoms with Crippen molar-refractivity contribution in [2.75, 3.05) is 31.3 Å². The molecule has 144 valence electrons. The van der Waals surface area contributed by atoms with Gasteiger partial charge in [0.2, 0.25) is 0 Å². The van der Waals surface area contributed by atoms with Crippen LogP contribution in [0, 0.1) is 0 Å². The highest BCUT2D eigenvalue weighted by Gasteiger charge is 2.14. The Hall–Kier alpha value is -0.970. The third-order valence-corrected chi connectivity index (χ3v) is 4.16. The average molecular weight is 412 g/mol. The largest absolute Gasteiger partial charge is 0.394 e. The molecule has 1 rings (SSSR count). The van der Waals surface area contributed by atoms with E-state index in [9.17, 15) is 16.8 Å². The molecule has 0 saturated carbocycles. The first kappa shape index (κ1) is 23.0. The second-order valence-electron chi connectivity index (χ2n) is 4.79. The number of hydrogen-bond acceptors (Lipinski definition) is 8. The summed E-state index contributed by atoms with van der Waals surface area (Å²) in [6.45, 7) is 1.52. The fourth-order valence-corrected chi connectivity index (χ4v) is 2.69. The standard InChI is InChI=1S/C9H18N2O6S2.H2O4S/c12-18(13,14)7-1-3-10-5-6-11(9-10)4-2-8-19(15,16)17;1-5(2,3)4/h5-6H,1-4,7-9H2,(H,12,13,14)(H,15,16,17);(H2,1,2,3,4). The van der Waals surface area contributed by atoms with Gasteiger partial charge in [-0.2, -0.15) is 25.3 Å². The maximum Gasteiger partial charge on any atom is 0.394 e. The van der Waals surface area contributed by atoms with Crippen molar-refractivity contribution < 1.29 is 43.5 Å². The van der Waals surface area contributed by atoms with E-state index in [1.165, 1.54) is 0 Å². The Kier molecular flexibility index (Phi) is 9.11. The molecule has 12 nitrogen and oxygen atoms in total. The molecule has 1 heterocycles. The van der Waals surface area contributed by atoms with Crippen LogP contribution in [0.3, 0.4) is 0 Å². The molecule has 0 fully saturated rings. The SMILES string of the molecule is O=S(=O)(O)CCCN1C=CN(CCCS(=O)(=O)O)C1.O=S(=O)(O)O. The first-order chi connectivity index (χ1) is 10.7. The van der Waals surface area contributed by atoms with Gasteiger partial charge in [0.1, 0.15) is 0 Å². The first-order valence-electron chi connectivity index (χ1n) is 6.42. The zero-order valence-corrected chi connectivity index (χ0v) is 14.9. The summed E-state index contributed by atoms with van der Waals surface area (Å²) in [4.78, 5) is 3.72. The van der Waals surface area contributed by atoms with E-state index in [-0.39, 0.29) is 11.5 Å². The van der Waals surface area contributed by atoms with Crippen LogP contribution in [-0.2, 0) is 30.6 Å². The number of hydrogen-bond donors (Lipinski definition) is 4. The van der Waals surface area contributed by atoms with Crippen LogP contribution in [0.4, 0.5) is 0 Å². The lowest BCUT2D eigenvalue weighted by Gasteiger charge is -2.20. The maximum absolute atomic E-state index is 10.5. The summed E-state index contributed by atoms with van der Waals surface area (Å²) in [7, 11) is -12.5. The number of nitrogens with zero attached hydrogens (tertiary/aromatic N) is 2. The van der Waals surface area contributed by atoms with Gasteiger partial charge in [0.25, 0.3) is 20.2 Å². The summed E-state index contributed by atoms with van der Waals surface area (Å²) >= 11 is 0. The van der Waals surface area contributed by atoms with Gasteiger partial charge < -0.3 is 9.80 Å². The Morgan fingerprint density at radius 1 is 0.708 bits per heavy atom. The molecule has 0 unspecified atom stereocenters. The molecule has 0 aromatic carbocycles. The van der Waals surface area contributed by atoms with E-state index in [1.807, 2.05) is 9.80 Å². The fraction of sp³-hybridized carbons (Fsp3) is 0.778. The normalized spacial score (nSPS) is 15.3. The summed E-state index contributed by atoms with van der Waals surface area (Å²) in [5, 5.41) is 0. The van der Waals surface area contributed by atoms with Crippen molar-refractivity contribution in [3.05, 3.63) is 12.4 Å². The van der Waals surface area contributed by atoms with Gasteiger partial charge in [-0.05, 0) is 12.8 Å².